The molecule has 0 bridgehead atoms. The first-order valence-electron chi connectivity index (χ1n) is 6.25. The predicted octanol–water partition coefficient (Wildman–Crippen LogP) is 1.51. The standard InChI is InChI=1S/C12H22N2O3S2/c1-4-5-13-9-11-8-12(10-18-11)19(15,16)14(2)6-7-17-3/h8,10,13H,4-7,9H2,1-3H3. The molecule has 0 aliphatic heterocycles. The highest BCUT2D eigenvalue weighted by molar-refractivity contribution is 7.89. The number of hydrogen-bond acceptors (Lipinski definition) is 5. The fourth-order valence-electron chi connectivity index (χ4n) is 1.50. The van der Waals surface area contributed by atoms with Gasteiger partial charge in [-0.25, -0.2) is 8.42 Å². The lowest BCUT2D eigenvalue weighted by molar-refractivity contribution is 0.185. The van der Waals surface area contributed by atoms with E-state index in [2.05, 4.69) is 12.2 Å². The quantitative estimate of drug-likeness (QED) is 0.703. The van der Waals surface area contributed by atoms with Crippen LogP contribution in [0.3, 0.4) is 0 Å². The van der Waals surface area contributed by atoms with Gasteiger partial charge in [0.1, 0.15) is 0 Å². The Balaban J connectivity index is 2.68. The summed E-state index contributed by atoms with van der Waals surface area (Å²) >= 11 is 1.47. The molecule has 0 saturated carbocycles. The minimum Gasteiger partial charge on any atom is -0.383 e. The van der Waals surface area contributed by atoms with Crippen molar-refractivity contribution >= 4 is 21.4 Å². The van der Waals surface area contributed by atoms with Crippen molar-refractivity contribution in [1.29, 1.82) is 0 Å². The zero-order valence-corrected chi connectivity index (χ0v) is 13.3. The highest BCUT2D eigenvalue weighted by Gasteiger charge is 2.21. The van der Waals surface area contributed by atoms with Gasteiger partial charge in [0.15, 0.2) is 0 Å². The van der Waals surface area contributed by atoms with Crippen LogP contribution in [-0.2, 0) is 21.3 Å². The van der Waals surface area contributed by atoms with Gasteiger partial charge >= 0.3 is 0 Å². The third kappa shape index (κ3) is 4.85. The molecule has 19 heavy (non-hydrogen) atoms. The summed E-state index contributed by atoms with van der Waals surface area (Å²) in [5.74, 6) is 0. The summed E-state index contributed by atoms with van der Waals surface area (Å²) in [6, 6.07) is 1.74. The van der Waals surface area contributed by atoms with E-state index in [9.17, 15) is 8.42 Å². The van der Waals surface area contributed by atoms with Crippen molar-refractivity contribution < 1.29 is 13.2 Å². The first-order valence-corrected chi connectivity index (χ1v) is 8.57. The van der Waals surface area contributed by atoms with Crippen LogP contribution < -0.4 is 5.32 Å². The number of nitrogens with one attached hydrogen (secondary N) is 1. The molecule has 0 atom stereocenters. The Kier molecular flexibility index (Phi) is 6.95. The lowest BCUT2D eigenvalue weighted by Gasteiger charge is -2.15. The third-order valence-corrected chi connectivity index (χ3v) is 5.59. The first kappa shape index (κ1) is 16.6. The van der Waals surface area contributed by atoms with Crippen LogP contribution in [-0.4, -0.2) is 46.6 Å². The Morgan fingerprint density at radius 2 is 2.21 bits per heavy atom. The lowest BCUT2D eigenvalue weighted by atomic mass is 10.4. The molecule has 0 aromatic carbocycles. The molecule has 1 aromatic rings. The third-order valence-electron chi connectivity index (χ3n) is 2.67. The van der Waals surface area contributed by atoms with Crippen molar-refractivity contribution in [2.75, 3.05) is 33.9 Å². The number of sulfonamides is 1. The second-order valence-corrected chi connectivity index (χ2v) is 7.29. The second kappa shape index (κ2) is 7.96. The zero-order chi connectivity index (χ0) is 14.3. The van der Waals surface area contributed by atoms with Crippen LogP contribution in [0.25, 0.3) is 0 Å². The summed E-state index contributed by atoms with van der Waals surface area (Å²) in [6.07, 6.45) is 1.07. The average molecular weight is 306 g/mol. The molecule has 1 rings (SSSR count). The van der Waals surface area contributed by atoms with Gasteiger partial charge in [-0.1, -0.05) is 6.92 Å². The van der Waals surface area contributed by atoms with E-state index in [1.807, 2.05) is 0 Å². The van der Waals surface area contributed by atoms with Gasteiger partial charge < -0.3 is 10.1 Å². The molecule has 110 valence electrons. The van der Waals surface area contributed by atoms with E-state index < -0.39 is 10.0 Å². The van der Waals surface area contributed by atoms with E-state index in [-0.39, 0.29) is 0 Å². The number of rotatable bonds is 9. The predicted molar refractivity (Wildman–Crippen MR) is 78.0 cm³/mol. The fourth-order valence-corrected chi connectivity index (χ4v) is 3.88. The Hall–Kier alpha value is -0.470. The summed E-state index contributed by atoms with van der Waals surface area (Å²) in [4.78, 5) is 1.40. The SMILES string of the molecule is CCCNCc1cc(S(=O)(=O)N(C)CCOC)cs1. The molecule has 1 heterocycles. The molecule has 0 unspecified atom stereocenters. The zero-order valence-electron chi connectivity index (χ0n) is 11.7. The normalized spacial score (nSPS) is 12.2. The maximum atomic E-state index is 12.2. The molecule has 0 radical (unpaired) electrons. The molecule has 7 heteroatoms. The van der Waals surface area contributed by atoms with Gasteiger partial charge in [-0.05, 0) is 19.0 Å². The highest BCUT2D eigenvalue weighted by Crippen LogP contribution is 2.21. The minimum atomic E-state index is -3.39. The molecule has 1 aromatic heterocycles. The van der Waals surface area contributed by atoms with Gasteiger partial charge in [0.05, 0.1) is 11.5 Å². The summed E-state index contributed by atoms with van der Waals surface area (Å²) in [5.41, 5.74) is 0. The molecule has 0 saturated heterocycles. The average Bonchev–Trinajstić information content (AvgIpc) is 2.85. The first-order chi connectivity index (χ1) is 9.02. The van der Waals surface area contributed by atoms with Crippen molar-refractivity contribution in [3.8, 4) is 0 Å². The van der Waals surface area contributed by atoms with E-state index >= 15 is 0 Å². The van der Waals surface area contributed by atoms with Crippen molar-refractivity contribution in [1.82, 2.24) is 9.62 Å². The lowest BCUT2D eigenvalue weighted by Crippen LogP contribution is -2.29. The maximum Gasteiger partial charge on any atom is 0.243 e. The van der Waals surface area contributed by atoms with Gasteiger partial charge in [0, 0.05) is 37.5 Å². The topological polar surface area (TPSA) is 58.6 Å². The fraction of sp³-hybridized carbons (Fsp3) is 0.667. The van der Waals surface area contributed by atoms with Crippen LogP contribution in [0.15, 0.2) is 16.3 Å². The molecule has 0 aliphatic carbocycles. The number of hydrogen-bond donors (Lipinski definition) is 1. The van der Waals surface area contributed by atoms with E-state index in [0.29, 0.717) is 18.0 Å². The van der Waals surface area contributed by atoms with Gasteiger partial charge in [-0.15, -0.1) is 11.3 Å². The monoisotopic (exact) mass is 306 g/mol. The van der Waals surface area contributed by atoms with Crippen LogP contribution >= 0.6 is 11.3 Å². The van der Waals surface area contributed by atoms with Gasteiger partial charge in [0.25, 0.3) is 0 Å². The summed E-state index contributed by atoms with van der Waals surface area (Å²) in [6.45, 7) is 4.51. The van der Waals surface area contributed by atoms with Gasteiger partial charge in [-0.2, -0.15) is 4.31 Å². The summed E-state index contributed by atoms with van der Waals surface area (Å²) in [7, 11) is -0.256. The van der Waals surface area contributed by atoms with Gasteiger partial charge in [-0.3, -0.25) is 0 Å². The minimum absolute atomic E-state index is 0.359. The molecular weight excluding hydrogens is 284 g/mol. The summed E-state index contributed by atoms with van der Waals surface area (Å²) < 4.78 is 30.7. The van der Waals surface area contributed by atoms with Crippen molar-refractivity contribution in [3.05, 3.63) is 16.3 Å². The Morgan fingerprint density at radius 3 is 2.84 bits per heavy atom. The second-order valence-electron chi connectivity index (χ2n) is 4.24. The smallest absolute Gasteiger partial charge is 0.243 e. The van der Waals surface area contributed by atoms with Crippen molar-refractivity contribution in [2.45, 2.75) is 24.8 Å². The molecule has 1 N–H and O–H groups in total. The number of methoxy groups -OCH3 is 1. The van der Waals surface area contributed by atoms with Crippen LogP contribution in [0.5, 0.6) is 0 Å². The number of likely N-dealkylation sites (N-methyl/N-ethyl adjacent to an activating group) is 1. The van der Waals surface area contributed by atoms with E-state index in [1.165, 1.54) is 15.6 Å². The van der Waals surface area contributed by atoms with Crippen LogP contribution in [0.2, 0.25) is 0 Å². The molecule has 0 aliphatic rings. The Labute approximate surface area is 119 Å². The molecule has 0 amide bonds. The Morgan fingerprint density at radius 1 is 1.47 bits per heavy atom. The Bertz CT molecular complexity index is 471. The van der Waals surface area contributed by atoms with E-state index in [4.69, 9.17) is 4.74 Å². The van der Waals surface area contributed by atoms with Crippen LogP contribution in [0.4, 0.5) is 0 Å². The highest BCUT2D eigenvalue weighted by atomic mass is 32.2. The number of thiophene rings is 1. The maximum absolute atomic E-state index is 12.2. The molecule has 0 fully saturated rings. The van der Waals surface area contributed by atoms with Gasteiger partial charge in [0.2, 0.25) is 10.0 Å². The number of ether oxygens (including phenoxy) is 1. The molecule has 0 spiro atoms. The van der Waals surface area contributed by atoms with Crippen LogP contribution in [0.1, 0.15) is 18.2 Å². The number of nitrogens with zero attached hydrogens (tertiary/aromatic N) is 1. The van der Waals surface area contributed by atoms with E-state index in [0.717, 1.165) is 24.4 Å². The molecule has 5 nitrogen and oxygen atoms in total. The summed E-state index contributed by atoms with van der Waals surface area (Å²) in [5, 5.41) is 4.96. The largest absolute Gasteiger partial charge is 0.383 e. The molecular formula is C12H22N2O3S2. The van der Waals surface area contributed by atoms with Crippen molar-refractivity contribution in [2.24, 2.45) is 0 Å². The van der Waals surface area contributed by atoms with E-state index in [1.54, 1.807) is 25.6 Å². The van der Waals surface area contributed by atoms with Crippen LogP contribution in [0, 0.1) is 0 Å². The van der Waals surface area contributed by atoms with Crippen molar-refractivity contribution in [3.63, 3.8) is 0 Å².